The highest BCUT2D eigenvalue weighted by molar-refractivity contribution is 5.95. The van der Waals surface area contributed by atoms with Gasteiger partial charge in [-0.25, -0.2) is 0 Å². The number of carbonyl (C=O) groups excluding carboxylic acids is 1. The topological polar surface area (TPSA) is 54.5 Å². The van der Waals surface area contributed by atoms with E-state index < -0.39 is 0 Å². The maximum Gasteiger partial charge on any atom is 0.228 e. The standard InChI is InChI=1S/C20H23N3O2/c24-20(19-12-18(19)16-2-1-7-21-13-16)22-17-5-3-15(4-6-17)14-23-8-10-25-11-9-23/h1-7,13,18-19H,8-12,14H2,(H,22,24). The van der Waals surface area contributed by atoms with Gasteiger partial charge in [0.1, 0.15) is 0 Å². The number of pyridine rings is 1. The fraction of sp³-hybridized carbons (Fsp3) is 0.400. The largest absolute Gasteiger partial charge is 0.379 e. The van der Waals surface area contributed by atoms with Gasteiger partial charge in [0.05, 0.1) is 13.2 Å². The number of benzene rings is 1. The van der Waals surface area contributed by atoms with Crippen LogP contribution in [0.3, 0.4) is 0 Å². The molecule has 1 aliphatic heterocycles. The summed E-state index contributed by atoms with van der Waals surface area (Å²) in [5.41, 5.74) is 3.29. The van der Waals surface area contributed by atoms with Crippen molar-refractivity contribution in [3.63, 3.8) is 0 Å². The van der Waals surface area contributed by atoms with Crippen LogP contribution in [0, 0.1) is 5.92 Å². The van der Waals surface area contributed by atoms with Crippen molar-refractivity contribution in [2.24, 2.45) is 5.92 Å². The first-order chi connectivity index (χ1) is 12.3. The normalized spacial score (nSPS) is 23.2. The lowest BCUT2D eigenvalue weighted by Gasteiger charge is -2.26. The van der Waals surface area contributed by atoms with E-state index in [9.17, 15) is 4.79 Å². The number of ether oxygens (including phenoxy) is 1. The van der Waals surface area contributed by atoms with Crippen LogP contribution in [-0.2, 0) is 16.1 Å². The Labute approximate surface area is 148 Å². The molecule has 1 amide bonds. The van der Waals surface area contributed by atoms with E-state index in [0.29, 0.717) is 5.92 Å². The van der Waals surface area contributed by atoms with E-state index in [-0.39, 0.29) is 11.8 Å². The van der Waals surface area contributed by atoms with Gasteiger partial charge in [-0.05, 0) is 41.7 Å². The summed E-state index contributed by atoms with van der Waals surface area (Å²) in [5, 5.41) is 3.04. The third kappa shape index (κ3) is 4.06. The summed E-state index contributed by atoms with van der Waals surface area (Å²) in [7, 11) is 0. The quantitative estimate of drug-likeness (QED) is 0.911. The Hall–Kier alpha value is -2.24. The predicted molar refractivity (Wildman–Crippen MR) is 96.3 cm³/mol. The summed E-state index contributed by atoms with van der Waals surface area (Å²) in [6.07, 6.45) is 4.53. The number of hydrogen-bond acceptors (Lipinski definition) is 4. The van der Waals surface area contributed by atoms with E-state index in [1.807, 2.05) is 30.5 Å². The Morgan fingerprint density at radius 1 is 1.20 bits per heavy atom. The number of rotatable bonds is 5. The summed E-state index contributed by atoms with van der Waals surface area (Å²) < 4.78 is 5.38. The highest BCUT2D eigenvalue weighted by Gasteiger charge is 2.44. The average molecular weight is 337 g/mol. The van der Waals surface area contributed by atoms with Gasteiger partial charge in [0, 0.05) is 43.6 Å². The highest BCUT2D eigenvalue weighted by atomic mass is 16.5. The van der Waals surface area contributed by atoms with Crippen molar-refractivity contribution < 1.29 is 9.53 Å². The summed E-state index contributed by atoms with van der Waals surface area (Å²) in [6, 6.07) is 12.2. The Morgan fingerprint density at radius 2 is 2.00 bits per heavy atom. The molecule has 2 fully saturated rings. The fourth-order valence-electron chi connectivity index (χ4n) is 3.39. The van der Waals surface area contributed by atoms with E-state index >= 15 is 0 Å². The molecule has 25 heavy (non-hydrogen) atoms. The number of morpholine rings is 1. The van der Waals surface area contributed by atoms with Crippen LogP contribution in [0.5, 0.6) is 0 Å². The average Bonchev–Trinajstić information content (AvgIpc) is 3.46. The minimum absolute atomic E-state index is 0.0669. The Morgan fingerprint density at radius 3 is 2.72 bits per heavy atom. The molecular formula is C20H23N3O2. The molecule has 2 aromatic rings. The SMILES string of the molecule is O=C(Nc1ccc(CN2CCOCC2)cc1)C1CC1c1cccnc1. The van der Waals surface area contributed by atoms with Gasteiger partial charge in [-0.3, -0.25) is 14.7 Å². The van der Waals surface area contributed by atoms with E-state index in [4.69, 9.17) is 4.74 Å². The number of amides is 1. The van der Waals surface area contributed by atoms with Crippen molar-refractivity contribution in [3.8, 4) is 0 Å². The third-order valence-electron chi connectivity index (χ3n) is 4.97. The van der Waals surface area contributed by atoms with E-state index in [1.54, 1.807) is 6.20 Å². The molecule has 1 aromatic carbocycles. The molecule has 1 N–H and O–H groups in total. The Balaban J connectivity index is 1.30. The smallest absolute Gasteiger partial charge is 0.228 e. The predicted octanol–water partition coefficient (Wildman–Crippen LogP) is 2.66. The van der Waals surface area contributed by atoms with Crippen molar-refractivity contribution in [2.75, 3.05) is 31.6 Å². The summed E-state index contributed by atoms with van der Waals surface area (Å²) in [4.78, 5) is 18.9. The molecule has 1 aromatic heterocycles. The molecule has 2 aliphatic rings. The number of hydrogen-bond donors (Lipinski definition) is 1. The lowest BCUT2D eigenvalue weighted by molar-refractivity contribution is -0.117. The second kappa shape index (κ2) is 7.33. The molecule has 1 saturated heterocycles. The summed E-state index contributed by atoms with van der Waals surface area (Å²) in [5.74, 6) is 0.487. The zero-order chi connectivity index (χ0) is 17.1. The van der Waals surface area contributed by atoms with Gasteiger partial charge in [-0.15, -0.1) is 0 Å². The van der Waals surface area contributed by atoms with Crippen LogP contribution < -0.4 is 5.32 Å². The van der Waals surface area contributed by atoms with Crippen molar-refractivity contribution in [1.82, 2.24) is 9.88 Å². The molecule has 0 spiro atoms. The second-order valence-corrected chi connectivity index (χ2v) is 6.81. The van der Waals surface area contributed by atoms with E-state index in [2.05, 4.69) is 27.3 Å². The third-order valence-corrected chi connectivity index (χ3v) is 4.97. The number of carbonyl (C=O) groups is 1. The lowest BCUT2D eigenvalue weighted by Crippen LogP contribution is -2.35. The molecule has 1 saturated carbocycles. The molecule has 4 rings (SSSR count). The Kier molecular flexibility index (Phi) is 4.76. The first-order valence-corrected chi connectivity index (χ1v) is 8.89. The van der Waals surface area contributed by atoms with Crippen LogP contribution in [0.2, 0.25) is 0 Å². The number of nitrogens with one attached hydrogen (secondary N) is 1. The first kappa shape index (κ1) is 16.2. The minimum Gasteiger partial charge on any atom is -0.379 e. The van der Waals surface area contributed by atoms with Crippen molar-refractivity contribution in [2.45, 2.75) is 18.9 Å². The van der Waals surface area contributed by atoms with Gasteiger partial charge < -0.3 is 10.1 Å². The molecule has 2 heterocycles. The highest BCUT2D eigenvalue weighted by Crippen LogP contribution is 2.47. The maximum absolute atomic E-state index is 12.4. The van der Waals surface area contributed by atoms with Crippen LogP contribution in [0.15, 0.2) is 48.8 Å². The van der Waals surface area contributed by atoms with Gasteiger partial charge in [0.2, 0.25) is 5.91 Å². The molecule has 1 aliphatic carbocycles. The number of nitrogens with zero attached hydrogens (tertiary/aromatic N) is 2. The Bertz CT molecular complexity index is 711. The second-order valence-electron chi connectivity index (χ2n) is 6.81. The van der Waals surface area contributed by atoms with Gasteiger partial charge in [-0.1, -0.05) is 18.2 Å². The van der Waals surface area contributed by atoms with Crippen molar-refractivity contribution >= 4 is 11.6 Å². The van der Waals surface area contributed by atoms with Gasteiger partial charge in [-0.2, -0.15) is 0 Å². The molecule has 0 radical (unpaired) electrons. The van der Waals surface area contributed by atoms with Gasteiger partial charge in [0.25, 0.3) is 0 Å². The lowest BCUT2D eigenvalue weighted by atomic mass is 10.1. The molecular weight excluding hydrogens is 314 g/mol. The molecule has 5 heteroatoms. The monoisotopic (exact) mass is 337 g/mol. The van der Waals surface area contributed by atoms with Crippen LogP contribution in [-0.4, -0.2) is 42.1 Å². The van der Waals surface area contributed by atoms with Gasteiger partial charge >= 0.3 is 0 Å². The molecule has 0 bridgehead atoms. The maximum atomic E-state index is 12.4. The van der Waals surface area contributed by atoms with Crippen molar-refractivity contribution in [1.29, 1.82) is 0 Å². The molecule has 2 unspecified atom stereocenters. The van der Waals surface area contributed by atoms with Crippen LogP contribution in [0.4, 0.5) is 5.69 Å². The fourth-order valence-corrected chi connectivity index (χ4v) is 3.39. The summed E-state index contributed by atoms with van der Waals surface area (Å²) in [6.45, 7) is 4.52. The van der Waals surface area contributed by atoms with E-state index in [0.717, 1.165) is 50.5 Å². The summed E-state index contributed by atoms with van der Waals surface area (Å²) >= 11 is 0. The van der Waals surface area contributed by atoms with Crippen molar-refractivity contribution in [3.05, 3.63) is 59.9 Å². The van der Waals surface area contributed by atoms with Crippen LogP contribution in [0.1, 0.15) is 23.5 Å². The number of aromatic nitrogens is 1. The zero-order valence-electron chi connectivity index (χ0n) is 14.2. The minimum atomic E-state index is 0.0669. The molecule has 2 atom stereocenters. The molecule has 5 nitrogen and oxygen atoms in total. The van der Waals surface area contributed by atoms with Crippen LogP contribution in [0.25, 0.3) is 0 Å². The number of anilines is 1. The molecule has 130 valence electrons. The zero-order valence-corrected chi connectivity index (χ0v) is 14.2. The van der Waals surface area contributed by atoms with Crippen LogP contribution >= 0.6 is 0 Å². The van der Waals surface area contributed by atoms with Gasteiger partial charge in [0.15, 0.2) is 0 Å². The van der Waals surface area contributed by atoms with E-state index in [1.165, 1.54) is 5.56 Å². The first-order valence-electron chi connectivity index (χ1n) is 8.89.